The maximum absolute atomic E-state index is 12.1. The lowest BCUT2D eigenvalue weighted by atomic mass is 10.0. The zero-order valence-corrected chi connectivity index (χ0v) is 13.1. The van der Waals surface area contributed by atoms with E-state index in [0.29, 0.717) is 23.0 Å². The zero-order valence-electron chi connectivity index (χ0n) is 12.4. The molecule has 0 aliphatic rings. The van der Waals surface area contributed by atoms with E-state index in [1.54, 1.807) is 50.4 Å². The highest BCUT2D eigenvalue weighted by atomic mass is 35.5. The Bertz CT molecular complexity index is 623. The van der Waals surface area contributed by atoms with Crippen LogP contribution in [0.4, 0.5) is 0 Å². The predicted octanol–water partition coefficient (Wildman–Crippen LogP) is 2.93. The summed E-state index contributed by atoms with van der Waals surface area (Å²) in [6, 6.07) is 9.60. The summed E-state index contributed by atoms with van der Waals surface area (Å²) < 4.78 is 10.3. The quantitative estimate of drug-likeness (QED) is 0.857. The Labute approximate surface area is 133 Å². The largest absolute Gasteiger partial charge is 0.453 e. The van der Waals surface area contributed by atoms with Crippen molar-refractivity contribution >= 4 is 17.5 Å². The van der Waals surface area contributed by atoms with E-state index in [9.17, 15) is 9.90 Å². The second-order valence-electron chi connectivity index (χ2n) is 4.96. The minimum atomic E-state index is -0.838. The van der Waals surface area contributed by atoms with Crippen LogP contribution in [0, 0.1) is 0 Å². The van der Waals surface area contributed by atoms with Gasteiger partial charge in [0, 0.05) is 12.1 Å². The fraction of sp³-hybridized carbons (Fsp3) is 0.312. The number of aliphatic hydroxyl groups is 1. The van der Waals surface area contributed by atoms with Crippen molar-refractivity contribution in [2.45, 2.75) is 25.7 Å². The van der Waals surface area contributed by atoms with E-state index in [1.807, 2.05) is 0 Å². The average Bonchev–Trinajstić information content (AvgIpc) is 2.96. The van der Waals surface area contributed by atoms with Gasteiger partial charge in [-0.2, -0.15) is 0 Å². The van der Waals surface area contributed by atoms with Crippen LogP contribution in [-0.2, 0) is 11.3 Å². The van der Waals surface area contributed by atoms with Crippen LogP contribution in [-0.4, -0.2) is 24.2 Å². The summed E-state index contributed by atoms with van der Waals surface area (Å²) in [5.41, 5.74) is 0.678. The molecule has 2 aromatic rings. The third-order valence-electron chi connectivity index (χ3n) is 3.22. The predicted molar refractivity (Wildman–Crippen MR) is 82.8 cm³/mol. The topological polar surface area (TPSA) is 71.7 Å². The number of furan rings is 1. The number of nitrogens with one attached hydrogen (secondary N) is 1. The van der Waals surface area contributed by atoms with E-state index < -0.39 is 12.1 Å². The second kappa shape index (κ2) is 7.45. The van der Waals surface area contributed by atoms with Gasteiger partial charge in [0.2, 0.25) is 0 Å². The summed E-state index contributed by atoms with van der Waals surface area (Å²) in [6.45, 7) is 2.02. The van der Waals surface area contributed by atoms with Gasteiger partial charge in [-0.3, -0.25) is 4.79 Å². The number of aliphatic hydroxyl groups excluding tert-OH is 1. The number of benzene rings is 1. The molecule has 118 valence electrons. The Balaban J connectivity index is 1.99. The van der Waals surface area contributed by atoms with E-state index >= 15 is 0 Å². The lowest BCUT2D eigenvalue weighted by molar-refractivity contribution is 0.0819. The molecule has 0 bridgehead atoms. The van der Waals surface area contributed by atoms with Crippen LogP contribution in [0.5, 0.6) is 0 Å². The van der Waals surface area contributed by atoms with Crippen LogP contribution < -0.4 is 5.32 Å². The normalized spacial score (nSPS) is 13.6. The van der Waals surface area contributed by atoms with Gasteiger partial charge in [0.15, 0.2) is 5.76 Å². The first kappa shape index (κ1) is 16.5. The van der Waals surface area contributed by atoms with Crippen molar-refractivity contribution in [1.82, 2.24) is 5.32 Å². The van der Waals surface area contributed by atoms with Gasteiger partial charge in [0.1, 0.15) is 12.4 Å². The number of halogens is 1. The summed E-state index contributed by atoms with van der Waals surface area (Å²) in [5.74, 6) is 0.364. The first-order chi connectivity index (χ1) is 10.5. The summed E-state index contributed by atoms with van der Waals surface area (Å²) in [4.78, 5) is 12.1. The zero-order chi connectivity index (χ0) is 16.1. The minimum absolute atomic E-state index is 0.183. The molecule has 1 amide bonds. The van der Waals surface area contributed by atoms with Gasteiger partial charge in [-0.15, -0.1) is 0 Å². The Morgan fingerprint density at radius 2 is 2.00 bits per heavy atom. The molecule has 0 aliphatic heterocycles. The molecule has 0 radical (unpaired) electrons. The maximum Gasteiger partial charge on any atom is 0.287 e. The summed E-state index contributed by atoms with van der Waals surface area (Å²) in [5, 5.41) is 13.6. The van der Waals surface area contributed by atoms with Gasteiger partial charge in [0.05, 0.1) is 12.1 Å². The minimum Gasteiger partial charge on any atom is -0.453 e. The highest BCUT2D eigenvalue weighted by molar-refractivity contribution is 6.30. The number of methoxy groups -OCH3 is 1. The van der Waals surface area contributed by atoms with Crippen molar-refractivity contribution < 1.29 is 19.1 Å². The molecule has 0 saturated heterocycles. The van der Waals surface area contributed by atoms with E-state index in [1.165, 1.54) is 0 Å². The molecule has 2 unspecified atom stereocenters. The van der Waals surface area contributed by atoms with Gasteiger partial charge in [0.25, 0.3) is 5.91 Å². The van der Waals surface area contributed by atoms with Crippen LogP contribution in [0.25, 0.3) is 0 Å². The van der Waals surface area contributed by atoms with Crippen LogP contribution in [0.2, 0.25) is 5.02 Å². The standard InChI is InChI=1S/C16H18ClNO4/c1-10(15(19)11-3-5-12(17)6-4-11)18-16(20)14-8-7-13(22-14)9-21-2/h3-8,10,15,19H,9H2,1-2H3,(H,18,20). The monoisotopic (exact) mass is 323 g/mol. The Morgan fingerprint density at radius 3 is 2.64 bits per heavy atom. The molecular formula is C16H18ClNO4. The van der Waals surface area contributed by atoms with Crippen molar-refractivity contribution in [3.63, 3.8) is 0 Å². The van der Waals surface area contributed by atoms with E-state index in [4.69, 9.17) is 20.8 Å². The highest BCUT2D eigenvalue weighted by Crippen LogP contribution is 2.19. The van der Waals surface area contributed by atoms with Crippen molar-refractivity contribution in [3.8, 4) is 0 Å². The average molecular weight is 324 g/mol. The highest BCUT2D eigenvalue weighted by Gasteiger charge is 2.20. The van der Waals surface area contributed by atoms with Crippen molar-refractivity contribution in [1.29, 1.82) is 0 Å². The molecule has 1 aromatic carbocycles. The number of amides is 1. The molecule has 2 N–H and O–H groups in total. The van der Waals surface area contributed by atoms with E-state index in [0.717, 1.165) is 0 Å². The maximum atomic E-state index is 12.1. The molecule has 5 nitrogen and oxygen atoms in total. The molecule has 2 atom stereocenters. The third kappa shape index (κ3) is 4.10. The van der Waals surface area contributed by atoms with Crippen LogP contribution >= 0.6 is 11.6 Å². The molecule has 0 fully saturated rings. The van der Waals surface area contributed by atoms with Gasteiger partial charge in [-0.25, -0.2) is 0 Å². The van der Waals surface area contributed by atoms with Crippen LogP contribution in [0.15, 0.2) is 40.8 Å². The summed E-state index contributed by atoms with van der Waals surface area (Å²) in [6.07, 6.45) is -0.838. The van der Waals surface area contributed by atoms with E-state index in [2.05, 4.69) is 5.32 Å². The Kier molecular flexibility index (Phi) is 5.60. The van der Waals surface area contributed by atoms with Crippen molar-refractivity contribution in [2.24, 2.45) is 0 Å². The number of ether oxygens (including phenoxy) is 1. The molecule has 1 heterocycles. The van der Waals surface area contributed by atoms with Crippen molar-refractivity contribution in [2.75, 3.05) is 7.11 Å². The van der Waals surface area contributed by atoms with Crippen LogP contribution in [0.1, 0.15) is 34.9 Å². The first-order valence-corrected chi connectivity index (χ1v) is 7.21. The van der Waals surface area contributed by atoms with Gasteiger partial charge < -0.3 is 19.6 Å². The van der Waals surface area contributed by atoms with Gasteiger partial charge in [-0.05, 0) is 36.8 Å². The molecule has 0 saturated carbocycles. The second-order valence-corrected chi connectivity index (χ2v) is 5.39. The number of hydrogen-bond acceptors (Lipinski definition) is 4. The first-order valence-electron chi connectivity index (χ1n) is 6.83. The Morgan fingerprint density at radius 1 is 1.32 bits per heavy atom. The molecule has 1 aromatic heterocycles. The fourth-order valence-corrected chi connectivity index (χ4v) is 2.15. The SMILES string of the molecule is COCc1ccc(C(=O)NC(C)C(O)c2ccc(Cl)cc2)o1. The van der Waals surface area contributed by atoms with Crippen LogP contribution in [0.3, 0.4) is 0 Å². The number of hydrogen-bond donors (Lipinski definition) is 2. The van der Waals surface area contributed by atoms with Crippen molar-refractivity contribution in [3.05, 3.63) is 58.5 Å². The molecule has 6 heteroatoms. The molecular weight excluding hydrogens is 306 g/mol. The smallest absolute Gasteiger partial charge is 0.287 e. The summed E-state index contributed by atoms with van der Waals surface area (Å²) >= 11 is 5.81. The molecule has 0 aliphatic carbocycles. The summed E-state index contributed by atoms with van der Waals surface area (Å²) in [7, 11) is 1.55. The van der Waals surface area contributed by atoms with Gasteiger partial charge >= 0.3 is 0 Å². The molecule has 22 heavy (non-hydrogen) atoms. The fourth-order valence-electron chi connectivity index (χ4n) is 2.03. The lowest BCUT2D eigenvalue weighted by Crippen LogP contribution is -2.36. The van der Waals surface area contributed by atoms with E-state index in [-0.39, 0.29) is 11.7 Å². The molecule has 0 spiro atoms. The number of rotatable bonds is 6. The third-order valence-corrected chi connectivity index (χ3v) is 3.47. The lowest BCUT2D eigenvalue weighted by Gasteiger charge is -2.20. The van der Waals surface area contributed by atoms with Gasteiger partial charge in [-0.1, -0.05) is 23.7 Å². The number of carbonyl (C=O) groups excluding carboxylic acids is 1. The Hall–Kier alpha value is -1.82. The number of carbonyl (C=O) groups is 1. The molecule has 2 rings (SSSR count).